The van der Waals surface area contributed by atoms with Crippen LogP contribution in [0.5, 0.6) is 5.75 Å². The Morgan fingerprint density at radius 2 is 1.45 bits per heavy atom. The zero-order valence-electron chi connectivity index (χ0n) is 25.2. The highest BCUT2D eigenvalue weighted by molar-refractivity contribution is 5.86. The van der Waals surface area contributed by atoms with Gasteiger partial charge in [-0.3, -0.25) is 24.2 Å². The summed E-state index contributed by atoms with van der Waals surface area (Å²) in [7, 11) is 1.21. The Hall–Kier alpha value is -4.59. The minimum atomic E-state index is -1.68. The SMILES string of the molecule is [2H]CC(=O)OC[C@H]1OC(Oc2ccc(-c3cnc(C(=O)OC)cn3)cc2)[C@@H](OC(=O)C[2H])[C@@H](OC(=O)C[2H])[C@@H]1OC(=O)C[2H]. The Morgan fingerprint density at radius 3 is 2.02 bits per heavy atom. The van der Waals surface area contributed by atoms with Gasteiger partial charge in [-0.2, -0.15) is 0 Å². The van der Waals surface area contributed by atoms with Gasteiger partial charge in [0, 0.05) is 38.6 Å². The van der Waals surface area contributed by atoms with Crippen LogP contribution in [-0.2, 0) is 47.6 Å². The predicted molar refractivity (Wildman–Crippen MR) is 131 cm³/mol. The maximum atomic E-state index is 12.2. The fourth-order valence-electron chi connectivity index (χ4n) is 3.67. The largest absolute Gasteiger partial charge is 0.464 e. The minimum absolute atomic E-state index is 0.00857. The Bertz CT molecular complexity index is 1320. The Labute approximate surface area is 234 Å². The second-order valence-electron chi connectivity index (χ2n) is 8.01. The molecule has 1 fully saturated rings. The number of nitrogens with zero attached hydrogens (tertiary/aromatic N) is 2. The van der Waals surface area contributed by atoms with Crippen molar-refractivity contribution >= 4 is 29.8 Å². The molecule has 3 rings (SSSR count). The van der Waals surface area contributed by atoms with E-state index in [9.17, 15) is 24.0 Å². The van der Waals surface area contributed by atoms with E-state index >= 15 is 0 Å². The highest BCUT2D eigenvalue weighted by Crippen LogP contribution is 2.31. The number of methoxy groups -OCH3 is 1. The fourth-order valence-corrected chi connectivity index (χ4v) is 3.67. The molecule has 1 aromatic heterocycles. The molecule has 0 bridgehead atoms. The monoisotopic (exact) mass is 564 g/mol. The van der Waals surface area contributed by atoms with E-state index in [1.807, 2.05) is 0 Å². The van der Waals surface area contributed by atoms with Crippen molar-refractivity contribution in [1.82, 2.24) is 9.97 Å². The number of aromatic nitrogens is 2. The average Bonchev–Trinajstić information content (AvgIpc) is 3.05. The number of carbonyl (C=O) groups excluding carboxylic acids is 5. The van der Waals surface area contributed by atoms with Crippen molar-refractivity contribution in [1.29, 1.82) is 0 Å². The number of hydrogen-bond donors (Lipinski definition) is 0. The summed E-state index contributed by atoms with van der Waals surface area (Å²) in [6, 6.07) is 6.11. The van der Waals surface area contributed by atoms with Crippen LogP contribution in [0.2, 0.25) is 0 Å². The summed E-state index contributed by atoms with van der Waals surface area (Å²) in [4.78, 5) is 68.1. The molecule has 14 nitrogen and oxygen atoms in total. The van der Waals surface area contributed by atoms with Gasteiger partial charge in [-0.25, -0.2) is 9.78 Å². The molecule has 0 spiro atoms. The van der Waals surface area contributed by atoms with Crippen LogP contribution in [0.3, 0.4) is 0 Å². The van der Waals surface area contributed by atoms with E-state index in [1.54, 1.807) is 12.1 Å². The van der Waals surface area contributed by atoms with Crippen LogP contribution >= 0.6 is 0 Å². The smallest absolute Gasteiger partial charge is 0.358 e. The normalized spacial score (nSPS) is 23.2. The lowest BCUT2D eigenvalue weighted by atomic mass is 9.98. The molecular weight excluding hydrogens is 532 g/mol. The van der Waals surface area contributed by atoms with Crippen LogP contribution in [0.4, 0.5) is 0 Å². The van der Waals surface area contributed by atoms with Crippen LogP contribution in [-0.4, -0.2) is 84.2 Å². The van der Waals surface area contributed by atoms with Crippen molar-refractivity contribution in [3.8, 4) is 17.0 Å². The molecule has 0 amide bonds. The van der Waals surface area contributed by atoms with Gasteiger partial charge in [-0.15, -0.1) is 0 Å². The third kappa shape index (κ3) is 7.96. The third-order valence-electron chi connectivity index (χ3n) is 5.25. The summed E-state index contributed by atoms with van der Waals surface area (Å²) >= 11 is 0. The topological polar surface area (TPSA) is 176 Å². The lowest BCUT2D eigenvalue weighted by Crippen LogP contribution is -2.63. The number of carbonyl (C=O) groups is 5. The highest BCUT2D eigenvalue weighted by Gasteiger charge is 2.53. The summed E-state index contributed by atoms with van der Waals surface area (Å²) < 4.78 is 66.4. The molecular formula is C26H28N2O12. The summed E-state index contributed by atoms with van der Waals surface area (Å²) in [5, 5.41) is 0. The van der Waals surface area contributed by atoms with Crippen molar-refractivity contribution in [2.75, 3.05) is 13.7 Å². The van der Waals surface area contributed by atoms with Gasteiger partial charge in [0.1, 0.15) is 18.5 Å². The molecule has 2 heterocycles. The summed E-state index contributed by atoms with van der Waals surface area (Å²) in [5.41, 5.74) is 0.972. The molecule has 1 unspecified atom stereocenters. The third-order valence-corrected chi connectivity index (χ3v) is 5.25. The van der Waals surface area contributed by atoms with Crippen LogP contribution in [0.1, 0.15) is 43.6 Å². The van der Waals surface area contributed by atoms with E-state index in [0.29, 0.717) is 11.3 Å². The van der Waals surface area contributed by atoms with Crippen LogP contribution < -0.4 is 4.74 Å². The molecule has 214 valence electrons. The van der Waals surface area contributed by atoms with Gasteiger partial charge >= 0.3 is 29.8 Å². The molecule has 0 radical (unpaired) electrons. The molecule has 1 saturated heterocycles. The predicted octanol–water partition coefficient (Wildman–Crippen LogP) is 1.39. The van der Waals surface area contributed by atoms with Crippen molar-refractivity contribution in [3.05, 3.63) is 42.4 Å². The van der Waals surface area contributed by atoms with E-state index in [-0.39, 0.29) is 11.4 Å². The van der Waals surface area contributed by atoms with Crippen molar-refractivity contribution in [2.24, 2.45) is 0 Å². The van der Waals surface area contributed by atoms with Crippen molar-refractivity contribution in [2.45, 2.75) is 58.3 Å². The minimum Gasteiger partial charge on any atom is -0.464 e. The molecule has 5 atom stereocenters. The first kappa shape index (κ1) is 24.5. The number of benzene rings is 1. The molecule has 2 aromatic rings. The van der Waals surface area contributed by atoms with Crippen LogP contribution in [0.25, 0.3) is 11.3 Å². The van der Waals surface area contributed by atoms with Gasteiger partial charge in [0.05, 0.1) is 25.2 Å². The summed E-state index contributed by atoms with van der Waals surface area (Å²) in [6.45, 7) is -3.94. The Kier molecular flexibility index (Phi) is 8.23. The first-order valence-corrected chi connectivity index (χ1v) is 11.4. The molecule has 0 N–H and O–H groups in total. The molecule has 1 aliphatic heterocycles. The lowest BCUT2D eigenvalue weighted by Gasteiger charge is -2.43. The van der Waals surface area contributed by atoms with Crippen molar-refractivity contribution in [3.63, 3.8) is 0 Å². The number of ether oxygens (including phenoxy) is 7. The van der Waals surface area contributed by atoms with E-state index < -0.39 is 94.8 Å². The van der Waals surface area contributed by atoms with Gasteiger partial charge in [-0.05, 0) is 24.3 Å². The quantitative estimate of drug-likeness (QED) is 0.315. The molecule has 1 aromatic carbocycles. The lowest BCUT2D eigenvalue weighted by molar-refractivity contribution is -0.288. The van der Waals surface area contributed by atoms with E-state index in [1.165, 1.54) is 31.6 Å². The molecule has 0 saturated carbocycles. The van der Waals surface area contributed by atoms with E-state index in [2.05, 4.69) is 14.7 Å². The van der Waals surface area contributed by atoms with E-state index in [0.717, 1.165) is 0 Å². The van der Waals surface area contributed by atoms with Crippen LogP contribution in [0.15, 0.2) is 36.7 Å². The molecule has 1 aliphatic rings. The van der Waals surface area contributed by atoms with Crippen LogP contribution in [0, 0.1) is 0 Å². The standard InChI is InChI=1S/C26H28N2O12/c1-13(29)35-12-21-22(36-14(2)30)23(37-15(3)31)24(38-16(4)32)26(40-21)39-18-8-6-17(7-9-18)19-10-28-20(11-27-19)25(33)34-5/h6-11,21-24,26H,12H2,1-5H3/t21-,22-,23+,24+,26?/m1/s1/i1D,2D,3D,4D. The maximum absolute atomic E-state index is 12.2. The van der Waals surface area contributed by atoms with Gasteiger partial charge in [0.15, 0.2) is 17.9 Å². The Morgan fingerprint density at radius 1 is 0.825 bits per heavy atom. The first-order chi connectivity index (χ1) is 21.1. The van der Waals surface area contributed by atoms with Gasteiger partial charge < -0.3 is 33.2 Å². The molecule has 40 heavy (non-hydrogen) atoms. The number of rotatable bonds is 9. The maximum Gasteiger partial charge on any atom is 0.358 e. The van der Waals surface area contributed by atoms with Crippen molar-refractivity contribution < 1.29 is 62.6 Å². The number of hydrogen-bond acceptors (Lipinski definition) is 14. The van der Waals surface area contributed by atoms with Gasteiger partial charge in [0.25, 0.3) is 0 Å². The highest BCUT2D eigenvalue weighted by atomic mass is 16.7. The summed E-state index contributed by atoms with van der Waals surface area (Å²) in [6.07, 6.45) is -5.38. The second kappa shape index (κ2) is 13.5. The number of esters is 5. The van der Waals surface area contributed by atoms with E-state index in [4.69, 9.17) is 33.9 Å². The summed E-state index contributed by atoms with van der Waals surface area (Å²) in [5.74, 6) is -4.79. The second-order valence-corrected chi connectivity index (χ2v) is 8.01. The zero-order valence-corrected chi connectivity index (χ0v) is 21.2. The average molecular weight is 565 g/mol. The Balaban J connectivity index is 1.95. The van der Waals surface area contributed by atoms with Gasteiger partial charge in [-0.1, -0.05) is 0 Å². The fraction of sp³-hybridized carbons (Fsp3) is 0.423. The zero-order chi connectivity index (χ0) is 32.2. The van der Waals surface area contributed by atoms with Gasteiger partial charge in [0.2, 0.25) is 12.4 Å². The molecule has 0 aliphatic carbocycles. The molecule has 14 heteroatoms. The first-order valence-electron chi connectivity index (χ1n) is 14.2.